The van der Waals surface area contributed by atoms with Gasteiger partial charge in [0.05, 0.1) is 16.7 Å². The molecule has 1 aliphatic heterocycles. The van der Waals surface area contributed by atoms with E-state index >= 15 is 0 Å². The number of halogens is 1. The lowest BCUT2D eigenvalue weighted by Gasteiger charge is -2.26. The van der Waals surface area contributed by atoms with Crippen LogP contribution in [0.2, 0.25) is 5.02 Å². The molecule has 0 atom stereocenters. The Morgan fingerprint density at radius 1 is 0.852 bits per heavy atom. The van der Waals surface area contributed by atoms with E-state index in [0.717, 1.165) is 35.1 Å². The van der Waals surface area contributed by atoms with Crippen LogP contribution in [-0.4, -0.2) is 38.5 Å². The van der Waals surface area contributed by atoms with Crippen LogP contribution in [0.1, 0.15) is 19.3 Å². The summed E-state index contributed by atoms with van der Waals surface area (Å²) in [6, 6.07) is 16.5. The van der Waals surface area contributed by atoms with Crippen LogP contribution in [0.5, 0.6) is 0 Å². The van der Waals surface area contributed by atoms with E-state index in [-0.39, 0.29) is 0 Å². The normalized spacial score (nSPS) is 15.7. The predicted octanol–water partition coefficient (Wildman–Crippen LogP) is 5.10. The fourth-order valence-electron chi connectivity index (χ4n) is 4.15. The van der Waals surface area contributed by atoms with Gasteiger partial charge in [0, 0.05) is 29.9 Å². The Balaban J connectivity index is 1.55. The number of rotatable bonds is 4. The van der Waals surface area contributed by atoms with E-state index in [4.69, 9.17) is 16.6 Å². The predicted molar refractivity (Wildman–Crippen MR) is 111 cm³/mol. The summed E-state index contributed by atoms with van der Waals surface area (Å²) in [5.74, 6) is 1.01. The fraction of sp³-hybridized carbons (Fsp3) is 0.318. The number of imidazole rings is 2. The highest BCUT2D eigenvalue weighted by Crippen LogP contribution is 2.26. The van der Waals surface area contributed by atoms with Gasteiger partial charge in [-0.1, -0.05) is 42.3 Å². The Morgan fingerprint density at radius 2 is 1.59 bits per heavy atom. The fourth-order valence-corrected chi connectivity index (χ4v) is 4.27. The number of hydrogen-bond acceptors (Lipinski definition) is 2. The molecule has 3 heterocycles. The molecule has 0 spiro atoms. The maximum atomic E-state index is 6.04. The lowest BCUT2D eigenvalue weighted by Crippen LogP contribution is -2.32. The van der Waals surface area contributed by atoms with E-state index in [1.807, 2.05) is 24.3 Å². The lowest BCUT2D eigenvalue weighted by molar-refractivity contribution is 0.222. The second kappa shape index (κ2) is 7.02. The first-order chi connectivity index (χ1) is 13.3. The van der Waals surface area contributed by atoms with Crippen molar-refractivity contribution >= 4 is 28.4 Å². The van der Waals surface area contributed by atoms with Crippen molar-refractivity contribution in [2.24, 2.45) is 0 Å². The minimum atomic E-state index is 0.749. The lowest BCUT2D eigenvalue weighted by atomic mass is 10.1. The molecule has 4 aromatic rings. The van der Waals surface area contributed by atoms with Gasteiger partial charge in [0.2, 0.25) is 5.78 Å². The summed E-state index contributed by atoms with van der Waals surface area (Å²) < 4.78 is 4.58. The Kier molecular flexibility index (Phi) is 4.38. The third-order valence-corrected chi connectivity index (χ3v) is 5.84. The van der Waals surface area contributed by atoms with Gasteiger partial charge in [-0.3, -0.25) is 4.40 Å². The molecular weight excluding hydrogens is 356 g/mol. The van der Waals surface area contributed by atoms with Crippen LogP contribution in [0.15, 0.2) is 54.7 Å². The van der Waals surface area contributed by atoms with Gasteiger partial charge in [-0.05, 0) is 50.2 Å². The molecule has 5 rings (SSSR count). The van der Waals surface area contributed by atoms with Crippen molar-refractivity contribution < 1.29 is 0 Å². The maximum Gasteiger partial charge on any atom is 0.215 e. The van der Waals surface area contributed by atoms with Crippen molar-refractivity contribution in [3.63, 3.8) is 0 Å². The van der Waals surface area contributed by atoms with Gasteiger partial charge in [-0.25, -0.2) is 4.98 Å². The zero-order valence-electron chi connectivity index (χ0n) is 15.3. The summed E-state index contributed by atoms with van der Waals surface area (Å²) in [6.07, 6.45) is 6.16. The zero-order chi connectivity index (χ0) is 18.2. The number of benzene rings is 2. The second-order valence-electron chi connectivity index (χ2n) is 7.35. The molecule has 27 heavy (non-hydrogen) atoms. The zero-order valence-corrected chi connectivity index (χ0v) is 16.1. The van der Waals surface area contributed by atoms with Crippen LogP contribution in [-0.2, 0) is 6.54 Å². The number of aromatic nitrogens is 3. The van der Waals surface area contributed by atoms with Gasteiger partial charge in [0.15, 0.2) is 0 Å². The molecule has 5 heteroatoms. The highest BCUT2D eigenvalue weighted by molar-refractivity contribution is 6.30. The van der Waals surface area contributed by atoms with E-state index < -0.39 is 0 Å². The molecule has 4 nitrogen and oxygen atoms in total. The number of hydrogen-bond donors (Lipinski definition) is 0. The average Bonchev–Trinajstić information content (AvgIpc) is 3.26. The Hall–Kier alpha value is -2.30. The molecule has 0 radical (unpaired) electrons. The smallest absolute Gasteiger partial charge is 0.215 e. The summed E-state index contributed by atoms with van der Waals surface area (Å²) in [7, 11) is 0. The van der Waals surface area contributed by atoms with Crippen molar-refractivity contribution in [1.82, 2.24) is 18.9 Å². The first-order valence-electron chi connectivity index (χ1n) is 9.74. The molecule has 138 valence electrons. The van der Waals surface area contributed by atoms with Crippen LogP contribution in [0.25, 0.3) is 28.1 Å². The summed E-state index contributed by atoms with van der Waals surface area (Å²) >= 11 is 6.04. The summed E-state index contributed by atoms with van der Waals surface area (Å²) in [4.78, 5) is 7.56. The van der Waals surface area contributed by atoms with Crippen LogP contribution < -0.4 is 0 Å². The maximum absolute atomic E-state index is 6.04. The first kappa shape index (κ1) is 16.8. The summed E-state index contributed by atoms with van der Waals surface area (Å²) in [5.41, 5.74) is 4.53. The highest BCUT2D eigenvalue weighted by Gasteiger charge is 2.16. The van der Waals surface area contributed by atoms with E-state index in [0.29, 0.717) is 0 Å². The van der Waals surface area contributed by atoms with Gasteiger partial charge >= 0.3 is 0 Å². The van der Waals surface area contributed by atoms with Crippen LogP contribution in [0.3, 0.4) is 0 Å². The topological polar surface area (TPSA) is 25.5 Å². The van der Waals surface area contributed by atoms with Gasteiger partial charge in [0.1, 0.15) is 0 Å². The molecule has 1 aliphatic rings. The molecule has 0 bridgehead atoms. The third kappa shape index (κ3) is 3.13. The SMILES string of the molecule is Clc1ccc(-c2cn3c4ccccc4n(CCN4CCCCC4)c3n2)cc1. The molecule has 0 amide bonds. The molecule has 2 aromatic carbocycles. The van der Waals surface area contributed by atoms with E-state index in [1.165, 1.54) is 43.4 Å². The Morgan fingerprint density at radius 3 is 2.37 bits per heavy atom. The molecule has 1 fully saturated rings. The molecule has 0 unspecified atom stereocenters. The molecule has 2 aromatic heterocycles. The van der Waals surface area contributed by atoms with Gasteiger partial charge in [-0.2, -0.15) is 0 Å². The van der Waals surface area contributed by atoms with Crippen LogP contribution in [0, 0.1) is 0 Å². The molecule has 0 aliphatic carbocycles. The van der Waals surface area contributed by atoms with E-state index in [1.54, 1.807) is 0 Å². The van der Waals surface area contributed by atoms with Crippen molar-refractivity contribution in [3.05, 3.63) is 59.8 Å². The summed E-state index contributed by atoms with van der Waals surface area (Å²) in [6.45, 7) is 4.49. The number of para-hydroxylation sites is 2. The molecule has 1 saturated heterocycles. The van der Waals surface area contributed by atoms with E-state index in [9.17, 15) is 0 Å². The minimum absolute atomic E-state index is 0.749. The number of fused-ring (bicyclic) bond motifs is 3. The molecular formula is C22H23ClN4. The monoisotopic (exact) mass is 378 g/mol. The Labute approximate surface area is 164 Å². The van der Waals surface area contributed by atoms with Gasteiger partial charge in [-0.15, -0.1) is 0 Å². The highest BCUT2D eigenvalue weighted by atomic mass is 35.5. The standard InChI is InChI=1S/C22H23ClN4/c23-18-10-8-17(9-11-18)19-16-27-21-7-3-2-6-20(21)26(22(27)24-19)15-14-25-12-4-1-5-13-25/h2-3,6-11,16H,1,4-5,12-15H2. The van der Waals surface area contributed by atoms with Crippen LogP contribution in [0.4, 0.5) is 0 Å². The second-order valence-corrected chi connectivity index (χ2v) is 7.78. The van der Waals surface area contributed by atoms with Crippen molar-refractivity contribution in [2.75, 3.05) is 19.6 Å². The largest absolute Gasteiger partial charge is 0.308 e. The van der Waals surface area contributed by atoms with Crippen molar-refractivity contribution in [1.29, 1.82) is 0 Å². The summed E-state index contributed by atoms with van der Waals surface area (Å²) in [5, 5.41) is 0.749. The Bertz CT molecular complexity index is 1070. The first-order valence-corrected chi connectivity index (χ1v) is 10.1. The molecule has 0 N–H and O–H groups in total. The average molecular weight is 379 g/mol. The number of likely N-dealkylation sites (tertiary alicyclic amines) is 1. The van der Waals surface area contributed by atoms with Crippen molar-refractivity contribution in [3.8, 4) is 11.3 Å². The van der Waals surface area contributed by atoms with E-state index in [2.05, 4.69) is 44.3 Å². The van der Waals surface area contributed by atoms with Gasteiger partial charge in [0.25, 0.3) is 0 Å². The number of nitrogens with zero attached hydrogens (tertiary/aromatic N) is 4. The number of piperidine rings is 1. The molecule has 0 saturated carbocycles. The van der Waals surface area contributed by atoms with Crippen LogP contribution >= 0.6 is 11.6 Å². The van der Waals surface area contributed by atoms with Gasteiger partial charge < -0.3 is 9.47 Å². The third-order valence-electron chi connectivity index (χ3n) is 5.59. The minimum Gasteiger partial charge on any atom is -0.308 e. The quantitative estimate of drug-likeness (QED) is 0.494. The van der Waals surface area contributed by atoms with Crippen molar-refractivity contribution in [2.45, 2.75) is 25.8 Å².